The number of nitrogens with one attached hydrogen (secondary N) is 2. The number of rotatable bonds is 11. The Morgan fingerprint density at radius 3 is 2.50 bits per heavy atom. The first-order valence-electron chi connectivity index (χ1n) is 6.91. The van der Waals surface area contributed by atoms with Gasteiger partial charge in [-0.15, -0.1) is 0 Å². The normalized spacial score (nSPS) is 12.2. The first kappa shape index (κ1) is 18.7. The van der Waals surface area contributed by atoms with E-state index in [1.165, 1.54) is 0 Å². The number of ether oxygens (including phenoxy) is 1. The fraction of sp³-hybridized carbons (Fsp3) is 0.846. The van der Waals surface area contributed by atoms with Gasteiger partial charge < -0.3 is 25.4 Å². The summed E-state index contributed by atoms with van der Waals surface area (Å²) >= 11 is 0. The molecule has 0 aliphatic rings. The quantitative estimate of drug-likeness (QED) is 0.478. The number of aliphatic carboxylic acids is 1. The molecular formula is C13H27N3O4. The van der Waals surface area contributed by atoms with Crippen molar-refractivity contribution < 1.29 is 19.4 Å². The van der Waals surface area contributed by atoms with Crippen LogP contribution in [-0.4, -0.2) is 69.0 Å². The summed E-state index contributed by atoms with van der Waals surface area (Å²) in [6.45, 7) is 4.66. The topological polar surface area (TPSA) is 90.9 Å². The van der Waals surface area contributed by atoms with Gasteiger partial charge in [0.15, 0.2) is 0 Å². The SMILES string of the molecule is CCC(CNC(=O)NCCOCCN(C)C)CC(=O)O. The lowest BCUT2D eigenvalue weighted by atomic mass is 10.0. The van der Waals surface area contributed by atoms with Gasteiger partial charge in [-0.25, -0.2) is 4.79 Å². The lowest BCUT2D eigenvalue weighted by Crippen LogP contribution is -2.40. The van der Waals surface area contributed by atoms with Gasteiger partial charge in [0.2, 0.25) is 0 Å². The molecule has 0 spiro atoms. The molecule has 0 saturated heterocycles. The lowest BCUT2D eigenvalue weighted by Gasteiger charge is -2.14. The van der Waals surface area contributed by atoms with E-state index >= 15 is 0 Å². The number of carbonyl (C=O) groups is 2. The second-order valence-electron chi connectivity index (χ2n) is 4.92. The van der Waals surface area contributed by atoms with E-state index in [2.05, 4.69) is 10.6 Å². The Bertz CT molecular complexity index is 285. The van der Waals surface area contributed by atoms with Gasteiger partial charge in [-0.05, 0) is 20.0 Å². The fourth-order valence-electron chi connectivity index (χ4n) is 1.49. The molecule has 20 heavy (non-hydrogen) atoms. The fourth-order valence-corrected chi connectivity index (χ4v) is 1.49. The van der Waals surface area contributed by atoms with Crippen molar-refractivity contribution in [3.8, 4) is 0 Å². The Balaban J connectivity index is 3.55. The standard InChI is InChI=1S/C13H27N3O4/c1-4-11(9-12(17)18)10-15-13(19)14-5-7-20-8-6-16(2)3/h11H,4-10H2,1-3H3,(H,17,18)(H2,14,15,19). The number of hydrogen-bond acceptors (Lipinski definition) is 4. The average Bonchev–Trinajstić information content (AvgIpc) is 2.37. The van der Waals surface area contributed by atoms with Crippen LogP contribution in [0.1, 0.15) is 19.8 Å². The van der Waals surface area contributed by atoms with E-state index in [0.29, 0.717) is 26.3 Å². The summed E-state index contributed by atoms with van der Waals surface area (Å²) in [5, 5.41) is 14.0. The van der Waals surface area contributed by atoms with Crippen LogP contribution in [0.5, 0.6) is 0 Å². The van der Waals surface area contributed by atoms with Crippen molar-refractivity contribution in [2.45, 2.75) is 19.8 Å². The van der Waals surface area contributed by atoms with Gasteiger partial charge in [0.1, 0.15) is 0 Å². The molecule has 0 radical (unpaired) electrons. The minimum absolute atomic E-state index is 0.0328. The van der Waals surface area contributed by atoms with E-state index in [0.717, 1.165) is 13.0 Å². The van der Waals surface area contributed by atoms with Crippen LogP contribution in [-0.2, 0) is 9.53 Å². The monoisotopic (exact) mass is 289 g/mol. The predicted molar refractivity (Wildman–Crippen MR) is 76.8 cm³/mol. The summed E-state index contributed by atoms with van der Waals surface area (Å²) < 4.78 is 5.33. The van der Waals surface area contributed by atoms with E-state index in [-0.39, 0.29) is 18.4 Å². The number of nitrogens with zero attached hydrogens (tertiary/aromatic N) is 1. The van der Waals surface area contributed by atoms with Crippen molar-refractivity contribution in [1.29, 1.82) is 0 Å². The predicted octanol–water partition coefficient (Wildman–Crippen LogP) is 0.365. The number of carboxylic acid groups (broad SMARTS) is 1. The van der Waals surface area contributed by atoms with Crippen LogP contribution in [0.2, 0.25) is 0 Å². The molecule has 0 aromatic rings. The third-order valence-electron chi connectivity index (χ3n) is 2.81. The molecule has 0 aromatic heterocycles. The largest absolute Gasteiger partial charge is 0.481 e. The lowest BCUT2D eigenvalue weighted by molar-refractivity contribution is -0.138. The maximum atomic E-state index is 11.5. The molecule has 7 nitrogen and oxygen atoms in total. The third kappa shape index (κ3) is 11.7. The summed E-state index contributed by atoms with van der Waals surface area (Å²) in [5.74, 6) is -0.872. The zero-order chi connectivity index (χ0) is 15.4. The van der Waals surface area contributed by atoms with E-state index in [1.54, 1.807) is 0 Å². The molecule has 0 heterocycles. The number of amides is 2. The molecule has 0 aliphatic heterocycles. The summed E-state index contributed by atoms with van der Waals surface area (Å²) in [4.78, 5) is 24.1. The number of urea groups is 1. The minimum atomic E-state index is -0.839. The van der Waals surface area contributed by atoms with Crippen molar-refractivity contribution in [1.82, 2.24) is 15.5 Å². The summed E-state index contributed by atoms with van der Waals surface area (Å²) in [7, 11) is 3.94. The van der Waals surface area contributed by atoms with E-state index < -0.39 is 5.97 Å². The second-order valence-corrected chi connectivity index (χ2v) is 4.92. The zero-order valence-corrected chi connectivity index (χ0v) is 12.6. The molecular weight excluding hydrogens is 262 g/mol. The first-order chi connectivity index (χ1) is 9.45. The molecule has 0 rings (SSSR count). The van der Waals surface area contributed by atoms with Crippen molar-refractivity contribution in [3.63, 3.8) is 0 Å². The van der Waals surface area contributed by atoms with Crippen LogP contribution >= 0.6 is 0 Å². The summed E-state index contributed by atoms with van der Waals surface area (Å²) in [5.41, 5.74) is 0. The van der Waals surface area contributed by atoms with Gasteiger partial charge in [-0.2, -0.15) is 0 Å². The van der Waals surface area contributed by atoms with Gasteiger partial charge >= 0.3 is 12.0 Å². The van der Waals surface area contributed by atoms with Crippen LogP contribution in [0.3, 0.4) is 0 Å². The molecule has 3 N–H and O–H groups in total. The van der Waals surface area contributed by atoms with Gasteiger partial charge in [0.05, 0.1) is 13.2 Å². The highest BCUT2D eigenvalue weighted by atomic mass is 16.5. The highest BCUT2D eigenvalue weighted by molar-refractivity contribution is 5.74. The second kappa shape index (κ2) is 11.5. The summed E-state index contributed by atoms with van der Waals surface area (Å²) in [6.07, 6.45) is 0.796. The van der Waals surface area contributed by atoms with Crippen LogP contribution in [0.25, 0.3) is 0 Å². The average molecular weight is 289 g/mol. The highest BCUT2D eigenvalue weighted by Gasteiger charge is 2.12. The molecule has 0 aromatic carbocycles. The molecule has 118 valence electrons. The maximum Gasteiger partial charge on any atom is 0.314 e. The van der Waals surface area contributed by atoms with Gasteiger partial charge in [0, 0.05) is 26.1 Å². The smallest absolute Gasteiger partial charge is 0.314 e. The Kier molecular flexibility index (Phi) is 10.7. The van der Waals surface area contributed by atoms with Crippen LogP contribution in [0.15, 0.2) is 0 Å². The van der Waals surface area contributed by atoms with Gasteiger partial charge in [-0.3, -0.25) is 4.79 Å². The Hall–Kier alpha value is -1.34. The highest BCUT2D eigenvalue weighted by Crippen LogP contribution is 2.06. The number of hydrogen-bond donors (Lipinski definition) is 3. The van der Waals surface area contributed by atoms with Crippen LogP contribution in [0.4, 0.5) is 4.79 Å². The van der Waals surface area contributed by atoms with Crippen LogP contribution in [0, 0.1) is 5.92 Å². The molecule has 0 aliphatic carbocycles. The summed E-state index contributed by atoms with van der Waals surface area (Å²) in [6, 6.07) is -0.287. The molecule has 2 amide bonds. The number of carbonyl (C=O) groups excluding carboxylic acids is 1. The molecule has 0 fully saturated rings. The minimum Gasteiger partial charge on any atom is -0.481 e. The molecule has 0 saturated carbocycles. The van der Waals surface area contributed by atoms with Crippen molar-refractivity contribution in [2.24, 2.45) is 5.92 Å². The molecule has 1 atom stereocenters. The Morgan fingerprint density at radius 2 is 1.95 bits per heavy atom. The van der Waals surface area contributed by atoms with Crippen molar-refractivity contribution in [3.05, 3.63) is 0 Å². The van der Waals surface area contributed by atoms with E-state index in [1.807, 2.05) is 25.9 Å². The Morgan fingerprint density at radius 1 is 1.25 bits per heavy atom. The van der Waals surface area contributed by atoms with Crippen molar-refractivity contribution in [2.75, 3.05) is 46.9 Å². The van der Waals surface area contributed by atoms with Gasteiger partial charge in [-0.1, -0.05) is 13.3 Å². The Labute approximate surface area is 120 Å². The van der Waals surface area contributed by atoms with Gasteiger partial charge in [0.25, 0.3) is 0 Å². The first-order valence-corrected chi connectivity index (χ1v) is 6.91. The molecule has 7 heteroatoms. The van der Waals surface area contributed by atoms with E-state index in [4.69, 9.17) is 9.84 Å². The zero-order valence-electron chi connectivity index (χ0n) is 12.6. The molecule has 1 unspecified atom stereocenters. The van der Waals surface area contributed by atoms with Crippen LogP contribution < -0.4 is 10.6 Å². The maximum absolute atomic E-state index is 11.5. The van der Waals surface area contributed by atoms with E-state index in [9.17, 15) is 9.59 Å². The number of likely N-dealkylation sites (N-methyl/N-ethyl adjacent to an activating group) is 1. The molecule has 0 bridgehead atoms. The van der Waals surface area contributed by atoms with Crippen molar-refractivity contribution >= 4 is 12.0 Å². The third-order valence-corrected chi connectivity index (χ3v) is 2.81. The number of carboxylic acids is 1.